The third-order valence-corrected chi connectivity index (χ3v) is 6.00. The molecule has 0 saturated carbocycles. The van der Waals surface area contributed by atoms with Crippen LogP contribution in [0.4, 0.5) is 30.7 Å². The fraction of sp³-hybridized carbons (Fsp3) is 0.423. The zero-order chi connectivity index (χ0) is 27.4. The summed E-state index contributed by atoms with van der Waals surface area (Å²) in [4.78, 5) is 12.9. The van der Waals surface area contributed by atoms with Crippen molar-refractivity contribution in [1.82, 2.24) is 0 Å². The van der Waals surface area contributed by atoms with Gasteiger partial charge in [-0.15, -0.1) is 6.58 Å². The van der Waals surface area contributed by atoms with Gasteiger partial charge < -0.3 is 14.2 Å². The van der Waals surface area contributed by atoms with Crippen molar-refractivity contribution in [3.63, 3.8) is 0 Å². The van der Waals surface area contributed by atoms with E-state index >= 15 is 0 Å². The largest absolute Gasteiger partial charge is 0.416 e. The smallest absolute Gasteiger partial charge is 0.370 e. The molecule has 202 valence electrons. The summed E-state index contributed by atoms with van der Waals surface area (Å²) in [5.41, 5.74) is -2.86. The molecule has 1 aliphatic heterocycles. The number of hydrogen-bond acceptors (Lipinski definition) is 4. The molecule has 0 aromatic heterocycles. The Morgan fingerprint density at radius 3 is 2.22 bits per heavy atom. The van der Waals surface area contributed by atoms with E-state index in [9.17, 15) is 35.5 Å². The molecule has 0 spiro atoms. The summed E-state index contributed by atoms with van der Waals surface area (Å²) in [6.07, 6.45) is -10.8. The van der Waals surface area contributed by atoms with Crippen molar-refractivity contribution >= 4 is 5.78 Å². The highest BCUT2D eigenvalue weighted by Crippen LogP contribution is 2.41. The summed E-state index contributed by atoms with van der Waals surface area (Å²) in [6.45, 7) is 4.72. The first-order chi connectivity index (χ1) is 17.3. The van der Waals surface area contributed by atoms with Crippen LogP contribution < -0.4 is 0 Å². The van der Waals surface area contributed by atoms with E-state index in [1.807, 2.05) is 0 Å². The molecule has 3 rings (SSSR count). The van der Waals surface area contributed by atoms with Gasteiger partial charge in [-0.3, -0.25) is 4.79 Å². The fourth-order valence-corrected chi connectivity index (χ4v) is 4.19. The Balaban J connectivity index is 1.94. The van der Waals surface area contributed by atoms with Crippen LogP contribution in [-0.4, -0.2) is 31.9 Å². The molecule has 4 nitrogen and oxygen atoms in total. The number of hydrogen-bond donors (Lipinski definition) is 0. The van der Waals surface area contributed by atoms with Crippen molar-refractivity contribution < 1.29 is 49.7 Å². The van der Waals surface area contributed by atoms with Crippen LogP contribution in [0.15, 0.2) is 55.1 Å². The third kappa shape index (κ3) is 7.39. The van der Waals surface area contributed by atoms with Crippen LogP contribution in [0.25, 0.3) is 0 Å². The lowest BCUT2D eigenvalue weighted by molar-refractivity contribution is -0.209. The number of alkyl halides is 6. The van der Waals surface area contributed by atoms with Gasteiger partial charge in [0, 0.05) is 11.8 Å². The highest BCUT2D eigenvalue weighted by Gasteiger charge is 2.42. The summed E-state index contributed by atoms with van der Waals surface area (Å²) in [6, 6.07) is 6.39. The summed E-state index contributed by atoms with van der Waals surface area (Å²) in [5.74, 6) is -2.37. The Morgan fingerprint density at radius 2 is 1.68 bits per heavy atom. The van der Waals surface area contributed by atoms with Crippen LogP contribution in [0.3, 0.4) is 0 Å². The van der Waals surface area contributed by atoms with Gasteiger partial charge in [-0.1, -0.05) is 18.2 Å². The van der Waals surface area contributed by atoms with E-state index in [1.54, 1.807) is 0 Å². The van der Waals surface area contributed by atoms with E-state index in [0.29, 0.717) is 17.7 Å². The zero-order valence-corrected chi connectivity index (χ0v) is 19.7. The second kappa shape index (κ2) is 11.7. The SMILES string of the molecule is C=CCOCC(=O)[C@@H]1CCO[C@H](OC(C)c2cc(C(F)(F)F)cc(C(F)(F)F)c2)[C@H]1c1ccc(F)cc1. The van der Waals surface area contributed by atoms with E-state index in [2.05, 4.69) is 6.58 Å². The molecule has 0 N–H and O–H groups in total. The Hall–Kier alpha value is -2.76. The molecule has 1 unspecified atom stereocenters. The van der Waals surface area contributed by atoms with E-state index in [-0.39, 0.29) is 43.7 Å². The molecule has 2 aromatic rings. The zero-order valence-electron chi connectivity index (χ0n) is 19.7. The number of ketones is 1. The predicted molar refractivity (Wildman–Crippen MR) is 119 cm³/mol. The third-order valence-electron chi connectivity index (χ3n) is 6.00. The van der Waals surface area contributed by atoms with Gasteiger partial charge in [-0.05, 0) is 54.8 Å². The van der Waals surface area contributed by atoms with Crippen LogP contribution in [0, 0.1) is 11.7 Å². The monoisotopic (exact) mass is 534 g/mol. The Morgan fingerprint density at radius 1 is 1.08 bits per heavy atom. The van der Waals surface area contributed by atoms with Crippen LogP contribution >= 0.6 is 0 Å². The number of halogens is 7. The van der Waals surface area contributed by atoms with Gasteiger partial charge in [0.25, 0.3) is 0 Å². The van der Waals surface area contributed by atoms with Gasteiger partial charge in [-0.2, -0.15) is 26.3 Å². The molecule has 1 saturated heterocycles. The Labute approximate surface area is 209 Å². The molecule has 0 aliphatic carbocycles. The minimum Gasteiger partial charge on any atom is -0.370 e. The van der Waals surface area contributed by atoms with Gasteiger partial charge in [-0.25, -0.2) is 4.39 Å². The van der Waals surface area contributed by atoms with E-state index in [4.69, 9.17) is 14.2 Å². The number of ether oxygens (including phenoxy) is 3. The normalized spacial score (nSPS) is 21.5. The average molecular weight is 534 g/mol. The first kappa shape index (κ1) is 28.8. The topological polar surface area (TPSA) is 44.8 Å². The first-order valence-electron chi connectivity index (χ1n) is 11.3. The quantitative estimate of drug-likeness (QED) is 0.200. The number of carbonyl (C=O) groups is 1. The summed E-state index contributed by atoms with van der Waals surface area (Å²) < 4.78 is 110. The maximum Gasteiger partial charge on any atom is 0.416 e. The van der Waals surface area contributed by atoms with Crippen molar-refractivity contribution in [3.8, 4) is 0 Å². The fourth-order valence-electron chi connectivity index (χ4n) is 4.19. The van der Waals surface area contributed by atoms with Crippen LogP contribution in [-0.2, 0) is 31.4 Å². The van der Waals surface area contributed by atoms with Crippen molar-refractivity contribution in [2.24, 2.45) is 5.92 Å². The van der Waals surface area contributed by atoms with Gasteiger partial charge >= 0.3 is 12.4 Å². The van der Waals surface area contributed by atoms with Crippen molar-refractivity contribution in [1.29, 1.82) is 0 Å². The van der Waals surface area contributed by atoms with Crippen LogP contribution in [0.5, 0.6) is 0 Å². The molecule has 4 atom stereocenters. The second-order valence-electron chi connectivity index (χ2n) is 8.60. The number of rotatable bonds is 9. The number of Topliss-reactive ketones (excluding diaryl/α,β-unsaturated/α-hetero) is 1. The molecular weight excluding hydrogens is 509 g/mol. The molecule has 1 fully saturated rings. The maximum atomic E-state index is 13.6. The molecule has 1 heterocycles. The Kier molecular flexibility index (Phi) is 9.14. The average Bonchev–Trinajstić information content (AvgIpc) is 2.83. The van der Waals surface area contributed by atoms with E-state index in [1.165, 1.54) is 37.3 Å². The van der Waals surface area contributed by atoms with Crippen molar-refractivity contribution in [2.75, 3.05) is 19.8 Å². The standard InChI is InChI=1S/C26H25F7O4/c1-3-9-35-14-22(34)21-8-10-36-24(23(21)16-4-6-20(27)7-5-16)37-15(2)17-11-18(25(28,29)30)13-19(12-17)26(31,32)33/h3-7,11-13,15,21,23-24H,1,8-10,14H2,2H3/t15?,21-,23-,24+/m0/s1. The van der Waals surface area contributed by atoms with Crippen molar-refractivity contribution in [2.45, 2.75) is 44.0 Å². The van der Waals surface area contributed by atoms with Gasteiger partial charge in [0.15, 0.2) is 12.1 Å². The van der Waals surface area contributed by atoms with E-state index < -0.39 is 53.5 Å². The minimum atomic E-state index is -5.02. The highest BCUT2D eigenvalue weighted by atomic mass is 19.4. The predicted octanol–water partition coefficient (Wildman–Crippen LogP) is 6.86. The lowest BCUT2D eigenvalue weighted by Crippen LogP contribution is -2.41. The second-order valence-corrected chi connectivity index (χ2v) is 8.60. The molecule has 2 aromatic carbocycles. The molecule has 37 heavy (non-hydrogen) atoms. The molecular formula is C26H25F7O4. The molecule has 0 bridgehead atoms. The minimum absolute atomic E-state index is 0.0343. The lowest BCUT2D eigenvalue weighted by Gasteiger charge is -2.38. The summed E-state index contributed by atoms with van der Waals surface area (Å²) in [7, 11) is 0. The highest BCUT2D eigenvalue weighted by molar-refractivity contribution is 5.83. The van der Waals surface area contributed by atoms with Gasteiger partial charge in [0.1, 0.15) is 12.4 Å². The van der Waals surface area contributed by atoms with Gasteiger partial charge in [0.05, 0.1) is 30.4 Å². The van der Waals surface area contributed by atoms with Gasteiger partial charge in [0.2, 0.25) is 0 Å². The molecule has 1 aliphatic rings. The van der Waals surface area contributed by atoms with Crippen LogP contribution in [0.1, 0.15) is 47.6 Å². The summed E-state index contributed by atoms with van der Waals surface area (Å²) in [5, 5.41) is 0. The summed E-state index contributed by atoms with van der Waals surface area (Å²) >= 11 is 0. The Bertz CT molecular complexity index is 1050. The molecule has 0 radical (unpaired) electrons. The van der Waals surface area contributed by atoms with E-state index in [0.717, 1.165) is 0 Å². The maximum absolute atomic E-state index is 13.6. The van der Waals surface area contributed by atoms with Crippen LogP contribution in [0.2, 0.25) is 0 Å². The number of benzene rings is 2. The number of carbonyl (C=O) groups excluding carboxylic acids is 1. The lowest BCUT2D eigenvalue weighted by atomic mass is 9.79. The van der Waals surface area contributed by atoms with Crippen molar-refractivity contribution in [3.05, 3.63) is 83.2 Å². The molecule has 11 heteroatoms. The molecule has 0 amide bonds. The first-order valence-corrected chi connectivity index (χ1v) is 11.3.